The molecule has 2 saturated heterocycles. The number of hydrogen-bond donors (Lipinski definition) is 0. The first-order valence-corrected chi connectivity index (χ1v) is 8.71. The Morgan fingerprint density at radius 2 is 2.04 bits per heavy atom. The molecule has 0 unspecified atom stereocenters. The normalized spacial score (nSPS) is 26.4. The van der Waals surface area contributed by atoms with Crippen molar-refractivity contribution in [2.45, 2.75) is 25.3 Å². The maximum absolute atomic E-state index is 14.9. The summed E-state index contributed by atoms with van der Waals surface area (Å²) in [5.74, 6) is -1.72. The maximum Gasteiger partial charge on any atom is 0.257 e. The van der Waals surface area contributed by atoms with Gasteiger partial charge in [-0.3, -0.25) is 9.88 Å². The zero-order valence-corrected chi connectivity index (χ0v) is 14.4. The van der Waals surface area contributed by atoms with E-state index in [1.165, 1.54) is 0 Å². The third-order valence-electron chi connectivity index (χ3n) is 5.70. The highest BCUT2D eigenvalue weighted by Gasteiger charge is 2.59. The van der Waals surface area contributed by atoms with Gasteiger partial charge in [0.1, 0.15) is 5.82 Å². The number of nitrogens with zero attached hydrogens (tertiary/aromatic N) is 5. The van der Waals surface area contributed by atoms with Gasteiger partial charge in [0.15, 0.2) is 0 Å². The lowest BCUT2D eigenvalue weighted by Gasteiger charge is -2.45. The maximum atomic E-state index is 14.9. The van der Waals surface area contributed by atoms with Gasteiger partial charge in [-0.25, -0.2) is 13.8 Å². The summed E-state index contributed by atoms with van der Waals surface area (Å²) in [5, 5.41) is 0. The summed E-state index contributed by atoms with van der Waals surface area (Å²) >= 11 is 0. The molecule has 0 amide bonds. The summed E-state index contributed by atoms with van der Waals surface area (Å²) in [6, 6.07) is 3.80. The largest absolute Gasteiger partial charge is 0.369 e. The highest BCUT2D eigenvalue weighted by Crippen LogP contribution is 2.50. The molecule has 25 heavy (non-hydrogen) atoms. The Morgan fingerprint density at radius 3 is 2.76 bits per heavy atom. The van der Waals surface area contributed by atoms with Crippen LogP contribution in [0.2, 0.25) is 0 Å². The van der Waals surface area contributed by atoms with Crippen molar-refractivity contribution in [3.8, 4) is 0 Å². The first-order valence-electron chi connectivity index (χ1n) is 8.71. The van der Waals surface area contributed by atoms with Crippen molar-refractivity contribution in [2.24, 2.45) is 12.5 Å². The number of halogens is 2. The molecule has 2 aliphatic rings. The van der Waals surface area contributed by atoms with E-state index in [2.05, 4.69) is 14.9 Å². The van der Waals surface area contributed by atoms with Crippen LogP contribution in [0.25, 0.3) is 0 Å². The van der Waals surface area contributed by atoms with Crippen molar-refractivity contribution in [2.75, 3.05) is 31.1 Å². The van der Waals surface area contributed by atoms with Gasteiger partial charge in [-0.1, -0.05) is 0 Å². The van der Waals surface area contributed by atoms with Gasteiger partial charge in [0.05, 0.1) is 23.8 Å². The molecule has 4 heterocycles. The predicted molar refractivity (Wildman–Crippen MR) is 91.5 cm³/mol. The monoisotopic (exact) mass is 347 g/mol. The molecule has 134 valence electrons. The molecule has 2 aliphatic heterocycles. The fourth-order valence-electron chi connectivity index (χ4n) is 4.13. The fourth-order valence-corrected chi connectivity index (χ4v) is 4.13. The van der Waals surface area contributed by atoms with Crippen molar-refractivity contribution >= 4 is 5.69 Å². The number of alkyl halides is 2. The Hall–Kier alpha value is -2.02. The molecule has 5 nitrogen and oxygen atoms in total. The smallest absolute Gasteiger partial charge is 0.257 e. The molecule has 0 bridgehead atoms. The molecule has 1 atom stereocenters. The van der Waals surface area contributed by atoms with Crippen LogP contribution in [0.1, 0.15) is 18.7 Å². The minimum absolute atomic E-state index is 0.0850. The van der Waals surface area contributed by atoms with Crippen molar-refractivity contribution in [3.05, 3.63) is 42.7 Å². The second-order valence-corrected chi connectivity index (χ2v) is 7.28. The molecule has 0 aliphatic carbocycles. The average Bonchev–Trinajstić information content (AvgIpc) is 3.21. The molecule has 2 aromatic rings. The second-order valence-electron chi connectivity index (χ2n) is 7.28. The molecular formula is C18H23F2N5. The number of imidazole rings is 1. The van der Waals surface area contributed by atoms with Crippen LogP contribution in [-0.4, -0.2) is 51.5 Å². The zero-order valence-electron chi connectivity index (χ0n) is 14.4. The fraction of sp³-hybridized carbons (Fsp3) is 0.556. The zero-order chi connectivity index (χ0) is 17.5. The minimum atomic E-state index is -2.64. The molecule has 0 aromatic carbocycles. The topological polar surface area (TPSA) is 37.2 Å². The van der Waals surface area contributed by atoms with Crippen LogP contribution in [0.4, 0.5) is 14.5 Å². The number of piperidine rings is 1. The van der Waals surface area contributed by atoms with Crippen LogP contribution in [0.5, 0.6) is 0 Å². The first-order chi connectivity index (χ1) is 12.0. The quantitative estimate of drug-likeness (QED) is 0.855. The number of likely N-dealkylation sites (tertiary alicyclic amines) is 1. The Bertz CT molecular complexity index is 732. The van der Waals surface area contributed by atoms with Crippen molar-refractivity contribution in [1.82, 2.24) is 19.4 Å². The number of pyridine rings is 1. The van der Waals surface area contributed by atoms with Crippen molar-refractivity contribution < 1.29 is 8.78 Å². The third-order valence-corrected chi connectivity index (χ3v) is 5.70. The van der Waals surface area contributed by atoms with Gasteiger partial charge in [0.25, 0.3) is 5.92 Å². The number of hydrogen-bond acceptors (Lipinski definition) is 4. The molecular weight excluding hydrogens is 324 g/mol. The molecule has 2 fully saturated rings. The molecule has 4 rings (SSSR count). The summed E-state index contributed by atoms with van der Waals surface area (Å²) in [5.41, 5.74) is -0.0666. The lowest BCUT2D eigenvalue weighted by atomic mass is 9.75. The van der Waals surface area contributed by atoms with Crippen LogP contribution in [0.15, 0.2) is 36.9 Å². The summed E-state index contributed by atoms with van der Waals surface area (Å²) < 4.78 is 31.7. The van der Waals surface area contributed by atoms with Gasteiger partial charge in [-0.05, 0) is 18.6 Å². The number of rotatable bonds is 3. The Labute approximate surface area is 146 Å². The summed E-state index contributed by atoms with van der Waals surface area (Å²) in [6.45, 7) is 2.46. The molecule has 0 radical (unpaired) electrons. The first kappa shape index (κ1) is 16.4. The third kappa shape index (κ3) is 2.90. The van der Waals surface area contributed by atoms with Crippen LogP contribution in [-0.2, 0) is 13.6 Å². The van der Waals surface area contributed by atoms with Crippen LogP contribution >= 0.6 is 0 Å². The van der Waals surface area contributed by atoms with Crippen molar-refractivity contribution in [1.29, 1.82) is 0 Å². The Kier molecular flexibility index (Phi) is 3.98. The Balaban J connectivity index is 1.53. The summed E-state index contributed by atoms with van der Waals surface area (Å²) in [7, 11) is 1.94. The second kappa shape index (κ2) is 6.05. The molecule has 1 spiro atoms. The SMILES string of the molecule is Cn1ccnc1CN1CCC(F)(F)[C@@]2(CCN(c3cccnc3)C2)C1. The minimum Gasteiger partial charge on any atom is -0.369 e. The van der Waals surface area contributed by atoms with E-state index in [4.69, 9.17) is 0 Å². The van der Waals surface area contributed by atoms with Crippen LogP contribution in [0, 0.1) is 5.41 Å². The van der Waals surface area contributed by atoms with E-state index in [0.29, 0.717) is 39.1 Å². The Morgan fingerprint density at radius 1 is 1.16 bits per heavy atom. The molecule has 0 N–H and O–H groups in total. The van der Waals surface area contributed by atoms with Gasteiger partial charge in [-0.15, -0.1) is 0 Å². The van der Waals surface area contributed by atoms with Crippen LogP contribution < -0.4 is 4.90 Å². The standard InChI is InChI=1S/C18H23F2N5/c1-23-10-7-22-16(23)12-24-8-5-18(19,20)17(13-24)4-9-25(14-17)15-3-2-6-21-11-15/h2-3,6-7,10-11H,4-5,8-9,12-14H2,1H3/t17-/m0/s1. The average molecular weight is 347 g/mol. The van der Waals surface area contributed by atoms with Gasteiger partial charge in [-0.2, -0.15) is 0 Å². The lowest BCUT2D eigenvalue weighted by molar-refractivity contribution is -0.159. The lowest BCUT2D eigenvalue weighted by Crippen LogP contribution is -2.56. The molecule has 2 aromatic heterocycles. The van der Waals surface area contributed by atoms with E-state index in [1.807, 2.05) is 34.8 Å². The molecule has 7 heteroatoms. The van der Waals surface area contributed by atoms with E-state index in [1.54, 1.807) is 18.6 Å². The van der Waals surface area contributed by atoms with Gasteiger partial charge < -0.3 is 9.47 Å². The van der Waals surface area contributed by atoms with Crippen LogP contribution in [0.3, 0.4) is 0 Å². The number of anilines is 1. The van der Waals surface area contributed by atoms with E-state index in [0.717, 1.165) is 11.5 Å². The number of aryl methyl sites for hydroxylation is 1. The summed E-state index contributed by atoms with van der Waals surface area (Å²) in [6.07, 6.45) is 7.53. The van der Waals surface area contributed by atoms with Crippen molar-refractivity contribution in [3.63, 3.8) is 0 Å². The van der Waals surface area contributed by atoms with E-state index < -0.39 is 11.3 Å². The molecule has 0 saturated carbocycles. The van der Waals surface area contributed by atoms with Gasteiger partial charge in [0.2, 0.25) is 0 Å². The van der Waals surface area contributed by atoms with Gasteiger partial charge in [0, 0.05) is 58.2 Å². The highest BCUT2D eigenvalue weighted by molar-refractivity contribution is 5.45. The highest BCUT2D eigenvalue weighted by atomic mass is 19.3. The number of aromatic nitrogens is 3. The van der Waals surface area contributed by atoms with E-state index in [-0.39, 0.29) is 6.42 Å². The predicted octanol–water partition coefficient (Wildman–Crippen LogP) is 2.55. The van der Waals surface area contributed by atoms with E-state index in [9.17, 15) is 8.78 Å². The van der Waals surface area contributed by atoms with E-state index >= 15 is 0 Å². The summed E-state index contributed by atoms with van der Waals surface area (Å²) in [4.78, 5) is 12.6. The van der Waals surface area contributed by atoms with Gasteiger partial charge >= 0.3 is 0 Å².